The molecule has 150 valence electrons. The van der Waals surface area contributed by atoms with Crippen molar-refractivity contribution >= 4 is 35.3 Å². The van der Waals surface area contributed by atoms with Crippen LogP contribution in [0.1, 0.15) is 22.3 Å². The van der Waals surface area contributed by atoms with Crippen LogP contribution in [0.2, 0.25) is 0 Å². The number of carbonyl (C=O) groups is 2. The van der Waals surface area contributed by atoms with Gasteiger partial charge in [-0.1, -0.05) is 6.07 Å². The third-order valence-corrected chi connectivity index (χ3v) is 4.18. The van der Waals surface area contributed by atoms with Gasteiger partial charge in [0.1, 0.15) is 5.75 Å². The van der Waals surface area contributed by atoms with Crippen LogP contribution in [-0.2, 0) is 4.79 Å². The summed E-state index contributed by atoms with van der Waals surface area (Å²) in [6.45, 7) is 1.64. The van der Waals surface area contributed by atoms with Gasteiger partial charge >= 0.3 is 5.97 Å². The Hall–Kier alpha value is -3.81. The predicted octanol–water partition coefficient (Wildman–Crippen LogP) is 2.81. The number of anilines is 2. The van der Waals surface area contributed by atoms with E-state index in [1.54, 1.807) is 36.4 Å². The van der Waals surface area contributed by atoms with Gasteiger partial charge < -0.3 is 25.8 Å². The van der Waals surface area contributed by atoms with Crippen LogP contribution in [-0.4, -0.2) is 43.1 Å². The summed E-state index contributed by atoms with van der Waals surface area (Å²) in [5, 5.41) is 17.9. The molecule has 29 heavy (non-hydrogen) atoms. The van der Waals surface area contributed by atoms with Gasteiger partial charge in [-0.05, 0) is 42.8 Å². The molecule has 0 aromatic heterocycles. The number of methoxy groups -OCH3 is 1. The molecule has 1 aliphatic rings. The lowest BCUT2D eigenvalue weighted by Gasteiger charge is -2.16. The Morgan fingerprint density at radius 2 is 2.07 bits per heavy atom. The third-order valence-electron chi connectivity index (χ3n) is 4.18. The number of hydrogen-bond donors (Lipinski definition) is 4. The molecule has 0 spiro atoms. The molecule has 8 heteroatoms. The standard InChI is InChI=1S/C21H22N4O4/c1-29-18-13-17(8-6-14(18)7-9-19(26)27)24-20(28)15-4-2-5-16(12-15)25-21-22-10-3-11-23-21/h2,4-9,12-13H,3,10-11H2,1H3,(H,24,28)(H,26,27)(H2,22,23,25)/b9-7+. The minimum atomic E-state index is -1.05. The van der Waals surface area contributed by atoms with Crippen molar-refractivity contribution in [3.8, 4) is 5.75 Å². The number of rotatable bonds is 6. The molecule has 1 heterocycles. The quantitative estimate of drug-likeness (QED) is 0.561. The van der Waals surface area contributed by atoms with Crippen molar-refractivity contribution in [1.29, 1.82) is 0 Å². The number of aliphatic carboxylic acids is 1. The van der Waals surface area contributed by atoms with Crippen molar-refractivity contribution in [2.75, 3.05) is 30.8 Å². The molecule has 0 atom stereocenters. The summed E-state index contributed by atoms with van der Waals surface area (Å²) in [7, 11) is 1.48. The van der Waals surface area contributed by atoms with Gasteiger partial charge in [0.25, 0.3) is 5.91 Å². The number of carboxylic acids is 1. The Morgan fingerprint density at radius 1 is 1.21 bits per heavy atom. The highest BCUT2D eigenvalue weighted by Gasteiger charge is 2.10. The molecule has 3 rings (SSSR count). The van der Waals surface area contributed by atoms with E-state index in [1.165, 1.54) is 13.2 Å². The maximum Gasteiger partial charge on any atom is 0.328 e. The van der Waals surface area contributed by atoms with E-state index in [-0.39, 0.29) is 5.91 Å². The summed E-state index contributed by atoms with van der Waals surface area (Å²) in [6.07, 6.45) is 3.46. The lowest BCUT2D eigenvalue weighted by atomic mass is 10.1. The van der Waals surface area contributed by atoms with Crippen molar-refractivity contribution in [3.63, 3.8) is 0 Å². The zero-order valence-corrected chi connectivity index (χ0v) is 15.9. The molecule has 0 saturated heterocycles. The number of benzene rings is 2. The van der Waals surface area contributed by atoms with E-state index in [0.717, 1.165) is 31.3 Å². The first-order valence-corrected chi connectivity index (χ1v) is 9.11. The van der Waals surface area contributed by atoms with E-state index in [0.29, 0.717) is 28.5 Å². The van der Waals surface area contributed by atoms with Gasteiger partial charge in [-0.25, -0.2) is 4.79 Å². The SMILES string of the molecule is COc1cc(NC(=O)c2cccc(NC3=NCCCN3)c2)ccc1/C=C/C(=O)O. The summed E-state index contributed by atoms with van der Waals surface area (Å²) in [4.78, 5) is 27.7. The molecule has 2 aromatic rings. The van der Waals surface area contributed by atoms with Crippen LogP contribution >= 0.6 is 0 Å². The van der Waals surface area contributed by atoms with Crippen LogP contribution in [0, 0.1) is 0 Å². The fourth-order valence-electron chi connectivity index (χ4n) is 2.78. The summed E-state index contributed by atoms with van der Waals surface area (Å²) < 4.78 is 5.28. The Bertz CT molecular complexity index is 969. The molecule has 0 fully saturated rings. The van der Waals surface area contributed by atoms with E-state index in [4.69, 9.17) is 9.84 Å². The van der Waals surface area contributed by atoms with Crippen molar-refractivity contribution < 1.29 is 19.4 Å². The summed E-state index contributed by atoms with van der Waals surface area (Å²) in [6, 6.07) is 12.1. The number of guanidine groups is 1. The Labute approximate surface area is 168 Å². The van der Waals surface area contributed by atoms with Gasteiger partial charge in [0, 0.05) is 47.7 Å². The lowest BCUT2D eigenvalue weighted by Crippen LogP contribution is -2.35. The van der Waals surface area contributed by atoms with Crippen molar-refractivity contribution in [2.24, 2.45) is 4.99 Å². The number of amides is 1. The van der Waals surface area contributed by atoms with Crippen LogP contribution in [0.5, 0.6) is 5.75 Å². The fourth-order valence-corrected chi connectivity index (χ4v) is 2.78. The van der Waals surface area contributed by atoms with E-state index in [9.17, 15) is 9.59 Å². The second-order valence-electron chi connectivity index (χ2n) is 6.30. The van der Waals surface area contributed by atoms with Crippen LogP contribution < -0.4 is 20.7 Å². The van der Waals surface area contributed by atoms with Gasteiger partial charge in [0.2, 0.25) is 0 Å². The molecular weight excluding hydrogens is 372 g/mol. The number of aliphatic imine (C=N–C) groups is 1. The highest BCUT2D eigenvalue weighted by molar-refractivity contribution is 6.05. The van der Waals surface area contributed by atoms with Gasteiger partial charge in [-0.3, -0.25) is 9.79 Å². The number of nitrogens with one attached hydrogen (secondary N) is 3. The Kier molecular flexibility index (Phi) is 6.47. The second kappa shape index (κ2) is 9.41. The third kappa shape index (κ3) is 5.58. The molecular formula is C21H22N4O4. The number of carboxylic acid groups (broad SMARTS) is 1. The molecule has 8 nitrogen and oxygen atoms in total. The zero-order valence-electron chi connectivity index (χ0n) is 15.9. The number of carbonyl (C=O) groups excluding carboxylic acids is 1. The van der Waals surface area contributed by atoms with Gasteiger partial charge in [-0.15, -0.1) is 0 Å². The zero-order chi connectivity index (χ0) is 20.6. The topological polar surface area (TPSA) is 112 Å². The maximum atomic E-state index is 12.6. The monoisotopic (exact) mass is 394 g/mol. The molecule has 1 amide bonds. The molecule has 1 aliphatic heterocycles. The second-order valence-corrected chi connectivity index (χ2v) is 6.30. The average Bonchev–Trinajstić information content (AvgIpc) is 2.73. The average molecular weight is 394 g/mol. The minimum absolute atomic E-state index is 0.275. The molecule has 0 radical (unpaired) electrons. The minimum Gasteiger partial charge on any atom is -0.496 e. The molecule has 4 N–H and O–H groups in total. The largest absolute Gasteiger partial charge is 0.496 e. The molecule has 2 aromatic carbocycles. The number of hydrogen-bond acceptors (Lipinski definition) is 6. The maximum absolute atomic E-state index is 12.6. The van der Waals surface area contributed by atoms with Crippen LogP contribution in [0.15, 0.2) is 53.5 Å². The lowest BCUT2D eigenvalue weighted by molar-refractivity contribution is -0.131. The summed E-state index contributed by atoms with van der Waals surface area (Å²) in [5.74, 6) is -0.170. The van der Waals surface area contributed by atoms with Crippen LogP contribution in [0.3, 0.4) is 0 Å². The van der Waals surface area contributed by atoms with E-state index in [2.05, 4.69) is 20.9 Å². The van der Waals surface area contributed by atoms with Crippen molar-refractivity contribution in [1.82, 2.24) is 5.32 Å². The predicted molar refractivity (Wildman–Crippen MR) is 113 cm³/mol. The number of nitrogens with zero attached hydrogens (tertiary/aromatic N) is 1. The highest BCUT2D eigenvalue weighted by atomic mass is 16.5. The first kappa shape index (κ1) is 19.9. The molecule has 0 unspecified atom stereocenters. The van der Waals surface area contributed by atoms with Gasteiger partial charge in [0.05, 0.1) is 7.11 Å². The Morgan fingerprint density at radius 3 is 2.79 bits per heavy atom. The first-order chi connectivity index (χ1) is 14.0. The molecule has 0 bridgehead atoms. The van der Waals surface area contributed by atoms with Gasteiger partial charge in [-0.2, -0.15) is 0 Å². The van der Waals surface area contributed by atoms with Crippen LogP contribution in [0.25, 0.3) is 6.08 Å². The fraction of sp³-hybridized carbons (Fsp3) is 0.190. The van der Waals surface area contributed by atoms with Crippen molar-refractivity contribution in [2.45, 2.75) is 6.42 Å². The smallest absolute Gasteiger partial charge is 0.328 e. The van der Waals surface area contributed by atoms with E-state index < -0.39 is 5.97 Å². The van der Waals surface area contributed by atoms with E-state index in [1.807, 2.05) is 6.07 Å². The summed E-state index contributed by atoms with van der Waals surface area (Å²) in [5.41, 5.74) is 2.38. The Balaban J connectivity index is 1.72. The molecule has 0 saturated carbocycles. The normalized spacial score (nSPS) is 13.3. The summed E-state index contributed by atoms with van der Waals surface area (Å²) >= 11 is 0. The van der Waals surface area contributed by atoms with Crippen molar-refractivity contribution in [3.05, 3.63) is 59.7 Å². The van der Waals surface area contributed by atoms with E-state index >= 15 is 0 Å². The van der Waals surface area contributed by atoms with Gasteiger partial charge in [0.15, 0.2) is 5.96 Å². The highest BCUT2D eigenvalue weighted by Crippen LogP contribution is 2.25. The molecule has 0 aliphatic carbocycles. The number of ether oxygens (including phenoxy) is 1. The van der Waals surface area contributed by atoms with Crippen LogP contribution in [0.4, 0.5) is 11.4 Å². The first-order valence-electron chi connectivity index (χ1n) is 9.11.